The monoisotopic (exact) mass is 360 g/mol. The van der Waals surface area contributed by atoms with Crippen LogP contribution in [0.1, 0.15) is 11.1 Å². The summed E-state index contributed by atoms with van der Waals surface area (Å²) in [6, 6.07) is 15.9. The number of nitrogens with zero attached hydrogens (tertiary/aromatic N) is 3. The first-order valence-corrected chi connectivity index (χ1v) is 8.32. The standard InChI is InChI=1S/C19H12N4O2S/c1-25-15-6-7-16-17(9-15)26-19(22-16)23-18(24)14(11-21)8-12-2-4-13(10-20)5-3-12/h2-9H,1H3,(H,22,23,24)/b14-8+. The number of ether oxygens (including phenoxy) is 1. The molecule has 126 valence electrons. The van der Waals surface area contributed by atoms with Crippen LogP contribution in [-0.2, 0) is 4.79 Å². The number of thiazole rings is 1. The van der Waals surface area contributed by atoms with Crippen molar-refractivity contribution in [3.05, 3.63) is 59.2 Å². The molecular formula is C19H12N4O2S. The lowest BCUT2D eigenvalue weighted by atomic mass is 10.1. The molecule has 0 aliphatic heterocycles. The molecule has 7 heteroatoms. The number of benzene rings is 2. The van der Waals surface area contributed by atoms with E-state index in [1.54, 1.807) is 43.5 Å². The maximum atomic E-state index is 12.4. The van der Waals surface area contributed by atoms with E-state index in [1.165, 1.54) is 17.4 Å². The fourth-order valence-electron chi connectivity index (χ4n) is 2.22. The summed E-state index contributed by atoms with van der Waals surface area (Å²) in [7, 11) is 1.58. The number of anilines is 1. The van der Waals surface area contributed by atoms with Crippen molar-refractivity contribution < 1.29 is 9.53 Å². The summed E-state index contributed by atoms with van der Waals surface area (Å²) >= 11 is 1.30. The van der Waals surface area contributed by atoms with Gasteiger partial charge in [0.2, 0.25) is 0 Å². The maximum absolute atomic E-state index is 12.4. The molecule has 0 atom stereocenters. The summed E-state index contributed by atoms with van der Waals surface area (Å²) in [5.41, 5.74) is 1.85. The third-order valence-electron chi connectivity index (χ3n) is 3.53. The highest BCUT2D eigenvalue weighted by Crippen LogP contribution is 2.29. The smallest absolute Gasteiger partial charge is 0.268 e. The number of carbonyl (C=O) groups is 1. The number of hydrogen-bond donors (Lipinski definition) is 1. The fourth-order valence-corrected chi connectivity index (χ4v) is 3.11. The van der Waals surface area contributed by atoms with Gasteiger partial charge in [-0.3, -0.25) is 10.1 Å². The Kier molecular flexibility index (Phi) is 4.93. The quantitative estimate of drug-likeness (QED) is 0.565. The van der Waals surface area contributed by atoms with Crippen LogP contribution >= 0.6 is 11.3 Å². The second-order valence-corrected chi connectivity index (χ2v) is 6.24. The molecule has 0 saturated heterocycles. The third kappa shape index (κ3) is 3.69. The Bertz CT molecular complexity index is 1090. The molecule has 1 N–H and O–H groups in total. The number of rotatable bonds is 4. The predicted molar refractivity (Wildman–Crippen MR) is 99.5 cm³/mol. The number of nitriles is 2. The average Bonchev–Trinajstić information content (AvgIpc) is 3.07. The number of aromatic nitrogens is 1. The molecule has 0 aliphatic carbocycles. The molecule has 1 heterocycles. The second-order valence-electron chi connectivity index (χ2n) is 5.21. The minimum absolute atomic E-state index is 0.0495. The molecule has 0 saturated carbocycles. The highest BCUT2D eigenvalue weighted by atomic mass is 32.1. The number of amides is 1. The van der Waals surface area contributed by atoms with E-state index in [9.17, 15) is 10.1 Å². The number of nitrogens with one attached hydrogen (secondary N) is 1. The van der Waals surface area contributed by atoms with Gasteiger partial charge < -0.3 is 4.74 Å². The minimum atomic E-state index is -0.539. The van der Waals surface area contributed by atoms with Gasteiger partial charge in [0.15, 0.2) is 5.13 Å². The first kappa shape index (κ1) is 17.2. The van der Waals surface area contributed by atoms with Crippen LogP contribution in [0.15, 0.2) is 48.0 Å². The van der Waals surface area contributed by atoms with E-state index in [4.69, 9.17) is 10.00 Å². The number of methoxy groups -OCH3 is 1. The number of hydrogen-bond acceptors (Lipinski definition) is 6. The average molecular weight is 360 g/mol. The molecule has 26 heavy (non-hydrogen) atoms. The van der Waals surface area contributed by atoms with Gasteiger partial charge in [0.1, 0.15) is 17.4 Å². The van der Waals surface area contributed by atoms with E-state index in [0.29, 0.717) is 22.0 Å². The zero-order valence-corrected chi connectivity index (χ0v) is 14.5. The fraction of sp³-hybridized carbons (Fsp3) is 0.0526. The molecule has 3 rings (SSSR count). The Balaban J connectivity index is 1.81. The Morgan fingerprint density at radius 3 is 2.65 bits per heavy atom. The van der Waals surface area contributed by atoms with Crippen LogP contribution in [0, 0.1) is 22.7 Å². The number of carbonyl (C=O) groups excluding carboxylic acids is 1. The zero-order chi connectivity index (χ0) is 18.5. The first-order valence-electron chi connectivity index (χ1n) is 7.51. The van der Waals surface area contributed by atoms with Gasteiger partial charge in [0, 0.05) is 0 Å². The van der Waals surface area contributed by atoms with Crippen molar-refractivity contribution in [2.75, 3.05) is 12.4 Å². The van der Waals surface area contributed by atoms with Crippen molar-refractivity contribution in [3.8, 4) is 17.9 Å². The van der Waals surface area contributed by atoms with E-state index in [-0.39, 0.29) is 5.57 Å². The van der Waals surface area contributed by atoms with Crippen molar-refractivity contribution in [3.63, 3.8) is 0 Å². The van der Waals surface area contributed by atoms with Crippen LogP contribution in [0.3, 0.4) is 0 Å². The third-order valence-corrected chi connectivity index (χ3v) is 4.47. The van der Waals surface area contributed by atoms with Gasteiger partial charge in [-0.2, -0.15) is 10.5 Å². The lowest BCUT2D eigenvalue weighted by Crippen LogP contribution is -2.13. The van der Waals surface area contributed by atoms with Crippen molar-refractivity contribution in [2.45, 2.75) is 0 Å². The summed E-state index contributed by atoms with van der Waals surface area (Å²) in [4.78, 5) is 16.7. The second kappa shape index (κ2) is 7.47. The van der Waals surface area contributed by atoms with Gasteiger partial charge in [-0.15, -0.1) is 0 Å². The molecule has 1 aromatic heterocycles. The predicted octanol–water partition coefficient (Wildman–Crippen LogP) is 3.72. The van der Waals surface area contributed by atoms with Gasteiger partial charge in [0.05, 0.1) is 29.0 Å². The number of fused-ring (bicyclic) bond motifs is 1. The zero-order valence-electron chi connectivity index (χ0n) is 13.7. The first-order chi connectivity index (χ1) is 12.6. The highest BCUT2D eigenvalue weighted by molar-refractivity contribution is 7.22. The van der Waals surface area contributed by atoms with Gasteiger partial charge in [-0.1, -0.05) is 23.5 Å². The summed E-state index contributed by atoms with van der Waals surface area (Å²) in [5.74, 6) is 0.167. The Labute approximate surface area is 153 Å². The summed E-state index contributed by atoms with van der Waals surface area (Å²) in [6.45, 7) is 0. The van der Waals surface area contributed by atoms with Crippen LogP contribution in [0.25, 0.3) is 16.3 Å². The molecule has 6 nitrogen and oxygen atoms in total. The van der Waals surface area contributed by atoms with Gasteiger partial charge in [-0.05, 0) is 42.0 Å². The van der Waals surface area contributed by atoms with Crippen LogP contribution in [0.2, 0.25) is 0 Å². The molecule has 3 aromatic rings. The van der Waals surface area contributed by atoms with Crippen LogP contribution < -0.4 is 10.1 Å². The topological polar surface area (TPSA) is 98.8 Å². The van der Waals surface area contributed by atoms with E-state index in [0.717, 1.165) is 10.2 Å². The molecule has 0 unspecified atom stereocenters. The summed E-state index contributed by atoms with van der Waals surface area (Å²) in [5, 5.41) is 21.1. The molecule has 2 aromatic carbocycles. The van der Waals surface area contributed by atoms with Gasteiger partial charge in [0.25, 0.3) is 5.91 Å². The van der Waals surface area contributed by atoms with Crippen LogP contribution in [0.5, 0.6) is 5.75 Å². The molecule has 0 radical (unpaired) electrons. The summed E-state index contributed by atoms with van der Waals surface area (Å²) in [6.07, 6.45) is 1.47. The van der Waals surface area contributed by atoms with Crippen molar-refractivity contribution >= 4 is 38.7 Å². The largest absolute Gasteiger partial charge is 0.497 e. The van der Waals surface area contributed by atoms with E-state index in [2.05, 4.69) is 10.3 Å². The maximum Gasteiger partial charge on any atom is 0.268 e. The van der Waals surface area contributed by atoms with Crippen molar-refractivity contribution in [1.29, 1.82) is 10.5 Å². The molecule has 0 bridgehead atoms. The lowest BCUT2D eigenvalue weighted by Gasteiger charge is -2.00. The molecule has 0 fully saturated rings. The summed E-state index contributed by atoms with van der Waals surface area (Å²) < 4.78 is 6.04. The molecular weight excluding hydrogens is 348 g/mol. The SMILES string of the molecule is COc1ccc2nc(NC(=O)/C(C#N)=C/c3ccc(C#N)cc3)sc2c1. The van der Waals surface area contributed by atoms with E-state index < -0.39 is 5.91 Å². The van der Waals surface area contributed by atoms with Gasteiger partial charge in [-0.25, -0.2) is 4.98 Å². The normalized spacial score (nSPS) is 10.8. The molecule has 0 aliphatic rings. The molecule has 0 spiro atoms. The van der Waals surface area contributed by atoms with Crippen molar-refractivity contribution in [2.24, 2.45) is 0 Å². The van der Waals surface area contributed by atoms with E-state index >= 15 is 0 Å². The van der Waals surface area contributed by atoms with Crippen LogP contribution in [0.4, 0.5) is 5.13 Å². The Morgan fingerprint density at radius 1 is 1.23 bits per heavy atom. The Hall–Kier alpha value is -3.68. The van der Waals surface area contributed by atoms with Crippen LogP contribution in [-0.4, -0.2) is 18.0 Å². The van der Waals surface area contributed by atoms with Gasteiger partial charge >= 0.3 is 0 Å². The highest BCUT2D eigenvalue weighted by Gasteiger charge is 2.13. The molecule has 1 amide bonds. The van der Waals surface area contributed by atoms with Crippen molar-refractivity contribution in [1.82, 2.24) is 4.98 Å². The minimum Gasteiger partial charge on any atom is -0.497 e. The Morgan fingerprint density at radius 2 is 2.00 bits per heavy atom. The van der Waals surface area contributed by atoms with E-state index in [1.807, 2.05) is 18.2 Å². The lowest BCUT2D eigenvalue weighted by molar-refractivity contribution is -0.112.